The second kappa shape index (κ2) is 7.12. The third kappa shape index (κ3) is 4.89. The molecule has 0 saturated heterocycles. The first-order chi connectivity index (χ1) is 8.24. The molecule has 0 saturated carbocycles. The fourth-order valence-corrected chi connectivity index (χ4v) is 1.12. The van der Waals surface area contributed by atoms with Crippen molar-refractivity contribution in [2.45, 2.75) is 12.8 Å². The molecule has 1 amide bonds. The Bertz CT molecular complexity index is 403. The molecule has 0 radical (unpaired) electrons. The van der Waals surface area contributed by atoms with Crippen LogP contribution in [-0.2, 0) is 9.53 Å². The predicted octanol–water partition coefficient (Wildman–Crippen LogP) is 0.966. The molecule has 1 heterocycles. The number of rotatable bonds is 6. The molecule has 1 N–H and O–H groups in total. The van der Waals surface area contributed by atoms with Gasteiger partial charge in [-0.15, -0.1) is 6.42 Å². The van der Waals surface area contributed by atoms with Gasteiger partial charge in [-0.05, 0) is 18.6 Å². The van der Waals surface area contributed by atoms with Gasteiger partial charge in [-0.2, -0.15) is 0 Å². The molecule has 17 heavy (non-hydrogen) atoms. The van der Waals surface area contributed by atoms with E-state index in [-0.39, 0.29) is 30.7 Å². The molecule has 5 heteroatoms. The first-order valence-corrected chi connectivity index (χ1v) is 5.15. The van der Waals surface area contributed by atoms with Crippen LogP contribution in [0.3, 0.4) is 0 Å². The van der Waals surface area contributed by atoms with Crippen molar-refractivity contribution in [1.82, 2.24) is 5.32 Å². The summed E-state index contributed by atoms with van der Waals surface area (Å²) < 4.78 is 9.56. The number of hydrogen-bond donors (Lipinski definition) is 1. The number of amides is 1. The molecule has 0 aliphatic heterocycles. The fraction of sp³-hybridized carbons (Fsp3) is 0.333. The van der Waals surface area contributed by atoms with Crippen LogP contribution in [0.25, 0.3) is 0 Å². The van der Waals surface area contributed by atoms with Gasteiger partial charge in [0.25, 0.3) is 5.91 Å². The molecule has 90 valence electrons. The van der Waals surface area contributed by atoms with Crippen LogP contribution in [0.15, 0.2) is 22.8 Å². The van der Waals surface area contributed by atoms with Gasteiger partial charge >= 0.3 is 5.97 Å². The quantitative estimate of drug-likeness (QED) is 0.453. The van der Waals surface area contributed by atoms with E-state index in [1.807, 2.05) is 0 Å². The number of carbonyl (C=O) groups excluding carboxylic acids is 2. The Kier molecular flexibility index (Phi) is 5.38. The van der Waals surface area contributed by atoms with Gasteiger partial charge in [0.1, 0.15) is 0 Å². The molecule has 0 aromatic carbocycles. The molecule has 1 aromatic heterocycles. The summed E-state index contributed by atoms with van der Waals surface area (Å²) in [6.45, 7) is 0.363. The van der Waals surface area contributed by atoms with Gasteiger partial charge in [0, 0.05) is 13.0 Å². The zero-order valence-electron chi connectivity index (χ0n) is 9.27. The van der Waals surface area contributed by atoms with Crippen molar-refractivity contribution in [2.24, 2.45) is 0 Å². The van der Waals surface area contributed by atoms with E-state index in [1.54, 1.807) is 12.1 Å². The maximum atomic E-state index is 11.4. The van der Waals surface area contributed by atoms with Crippen molar-refractivity contribution < 1.29 is 18.7 Å². The van der Waals surface area contributed by atoms with Crippen molar-refractivity contribution >= 4 is 11.9 Å². The molecule has 0 aliphatic rings. The molecule has 0 unspecified atom stereocenters. The highest BCUT2D eigenvalue weighted by molar-refractivity contribution is 5.91. The maximum absolute atomic E-state index is 11.4. The highest BCUT2D eigenvalue weighted by Crippen LogP contribution is 1.99. The normalized spacial score (nSPS) is 9.35. The van der Waals surface area contributed by atoms with E-state index in [0.29, 0.717) is 13.0 Å². The number of ether oxygens (including phenoxy) is 1. The van der Waals surface area contributed by atoms with Crippen LogP contribution in [0.2, 0.25) is 0 Å². The molecular weight excluding hydrogens is 222 g/mol. The topological polar surface area (TPSA) is 68.5 Å². The Morgan fingerprint density at radius 2 is 2.35 bits per heavy atom. The van der Waals surface area contributed by atoms with Gasteiger partial charge in [0.15, 0.2) is 12.4 Å². The lowest BCUT2D eigenvalue weighted by atomic mass is 10.3. The Balaban J connectivity index is 2.11. The zero-order chi connectivity index (χ0) is 12.5. The van der Waals surface area contributed by atoms with Gasteiger partial charge in [0.05, 0.1) is 6.26 Å². The van der Waals surface area contributed by atoms with Crippen LogP contribution in [0.5, 0.6) is 0 Å². The van der Waals surface area contributed by atoms with Crippen molar-refractivity contribution in [1.29, 1.82) is 0 Å². The van der Waals surface area contributed by atoms with Gasteiger partial charge in [-0.3, -0.25) is 9.59 Å². The van der Waals surface area contributed by atoms with E-state index < -0.39 is 0 Å². The lowest BCUT2D eigenvalue weighted by Gasteiger charge is -2.03. The van der Waals surface area contributed by atoms with E-state index in [9.17, 15) is 9.59 Å². The maximum Gasteiger partial charge on any atom is 0.306 e. The Labute approximate surface area is 99.1 Å². The van der Waals surface area contributed by atoms with Crippen LogP contribution in [0.1, 0.15) is 23.4 Å². The summed E-state index contributed by atoms with van der Waals surface area (Å²) in [5.41, 5.74) is 0. The summed E-state index contributed by atoms with van der Waals surface area (Å²) in [5, 5.41) is 2.62. The summed E-state index contributed by atoms with van der Waals surface area (Å²) in [6, 6.07) is 3.20. The third-order valence-corrected chi connectivity index (χ3v) is 1.90. The Morgan fingerprint density at radius 3 is 3.00 bits per heavy atom. The number of furan rings is 1. The zero-order valence-corrected chi connectivity index (χ0v) is 9.27. The van der Waals surface area contributed by atoms with Crippen molar-refractivity contribution in [2.75, 3.05) is 13.2 Å². The van der Waals surface area contributed by atoms with Gasteiger partial charge in [0.2, 0.25) is 0 Å². The minimum Gasteiger partial charge on any atom is -0.459 e. The average Bonchev–Trinajstić information content (AvgIpc) is 2.85. The average molecular weight is 235 g/mol. The number of carbonyl (C=O) groups is 2. The van der Waals surface area contributed by atoms with E-state index in [2.05, 4.69) is 16.0 Å². The molecule has 1 rings (SSSR count). The molecule has 0 fully saturated rings. The van der Waals surface area contributed by atoms with Crippen molar-refractivity contribution in [3.8, 4) is 12.3 Å². The van der Waals surface area contributed by atoms with E-state index in [1.165, 1.54) is 6.26 Å². The van der Waals surface area contributed by atoms with Gasteiger partial charge in [-0.1, -0.05) is 5.92 Å². The van der Waals surface area contributed by atoms with Crippen molar-refractivity contribution in [3.63, 3.8) is 0 Å². The summed E-state index contributed by atoms with van der Waals surface area (Å²) in [6.07, 6.45) is 7.07. The summed E-state index contributed by atoms with van der Waals surface area (Å²) in [4.78, 5) is 22.4. The predicted molar refractivity (Wildman–Crippen MR) is 60.1 cm³/mol. The molecule has 0 aliphatic carbocycles. The first-order valence-electron chi connectivity index (χ1n) is 5.15. The van der Waals surface area contributed by atoms with Gasteiger partial charge < -0.3 is 14.5 Å². The second-order valence-electron chi connectivity index (χ2n) is 3.20. The minimum atomic E-state index is -0.366. The Hall–Kier alpha value is -2.22. The van der Waals surface area contributed by atoms with Crippen LogP contribution < -0.4 is 5.32 Å². The fourth-order valence-electron chi connectivity index (χ4n) is 1.12. The number of hydrogen-bond acceptors (Lipinski definition) is 4. The SMILES string of the molecule is C#CCOC(=O)CCCNC(=O)c1ccco1. The van der Waals surface area contributed by atoms with Crippen LogP contribution in [0.4, 0.5) is 0 Å². The number of terminal acetylenes is 1. The van der Waals surface area contributed by atoms with Gasteiger partial charge in [-0.25, -0.2) is 0 Å². The molecule has 5 nitrogen and oxygen atoms in total. The van der Waals surface area contributed by atoms with Crippen LogP contribution >= 0.6 is 0 Å². The third-order valence-electron chi connectivity index (χ3n) is 1.90. The Morgan fingerprint density at radius 1 is 1.53 bits per heavy atom. The number of esters is 1. The highest BCUT2D eigenvalue weighted by Gasteiger charge is 2.07. The summed E-state index contributed by atoms with van der Waals surface area (Å²) in [7, 11) is 0. The first kappa shape index (κ1) is 12.8. The lowest BCUT2D eigenvalue weighted by molar-refractivity contribution is -0.142. The monoisotopic (exact) mass is 235 g/mol. The number of nitrogens with one attached hydrogen (secondary N) is 1. The highest BCUT2D eigenvalue weighted by atomic mass is 16.5. The van der Waals surface area contributed by atoms with E-state index in [0.717, 1.165) is 0 Å². The minimum absolute atomic E-state index is 0.0163. The van der Waals surface area contributed by atoms with E-state index >= 15 is 0 Å². The van der Waals surface area contributed by atoms with Crippen LogP contribution in [0, 0.1) is 12.3 Å². The molecule has 0 atom stereocenters. The molecule has 1 aromatic rings. The summed E-state index contributed by atoms with van der Waals surface area (Å²) >= 11 is 0. The summed E-state index contributed by atoms with van der Waals surface area (Å²) in [5.74, 6) is 1.79. The standard InChI is InChI=1S/C12H13NO4/c1-2-8-17-11(14)6-3-7-13-12(15)10-5-4-9-16-10/h1,4-5,9H,3,6-8H2,(H,13,15). The molecule has 0 bridgehead atoms. The van der Waals surface area contributed by atoms with E-state index in [4.69, 9.17) is 10.8 Å². The molecule has 0 spiro atoms. The molecular formula is C12H13NO4. The lowest BCUT2D eigenvalue weighted by Crippen LogP contribution is -2.24. The smallest absolute Gasteiger partial charge is 0.306 e. The second-order valence-corrected chi connectivity index (χ2v) is 3.20. The van der Waals surface area contributed by atoms with Crippen LogP contribution in [-0.4, -0.2) is 25.0 Å². The van der Waals surface area contributed by atoms with Crippen molar-refractivity contribution in [3.05, 3.63) is 24.2 Å². The largest absolute Gasteiger partial charge is 0.459 e.